The van der Waals surface area contributed by atoms with Crippen LogP contribution in [0.3, 0.4) is 0 Å². The molecule has 0 radical (unpaired) electrons. The van der Waals surface area contributed by atoms with Crippen LogP contribution in [-0.2, 0) is 0 Å². The van der Waals surface area contributed by atoms with E-state index in [0.29, 0.717) is 16.9 Å². The van der Waals surface area contributed by atoms with E-state index < -0.39 is 16.5 Å². The minimum absolute atomic E-state index is 0.0343. The number of alkyl halides is 1. The van der Waals surface area contributed by atoms with E-state index in [2.05, 4.69) is 31.9 Å². The van der Waals surface area contributed by atoms with Gasteiger partial charge in [0.1, 0.15) is 17.4 Å². The van der Waals surface area contributed by atoms with Gasteiger partial charge in [-0.1, -0.05) is 39.7 Å². The molecule has 2 aromatic rings. The summed E-state index contributed by atoms with van der Waals surface area (Å²) < 4.78 is 33.0. The van der Waals surface area contributed by atoms with E-state index in [4.69, 9.17) is 16.3 Å². The van der Waals surface area contributed by atoms with Crippen LogP contribution in [0.1, 0.15) is 16.0 Å². The van der Waals surface area contributed by atoms with Crippen molar-refractivity contribution >= 4 is 43.5 Å². The molecule has 2 rings (SSSR count). The largest absolute Gasteiger partial charge is 0.496 e. The summed E-state index contributed by atoms with van der Waals surface area (Å²) in [5, 5.41) is 0.0343. The molecule has 6 heteroatoms. The van der Waals surface area contributed by atoms with Crippen LogP contribution in [0.25, 0.3) is 0 Å². The molecule has 0 amide bonds. The Morgan fingerprint density at radius 3 is 2.55 bits per heavy atom. The molecule has 2 aromatic carbocycles. The van der Waals surface area contributed by atoms with Gasteiger partial charge in [-0.05, 0) is 28.1 Å². The van der Waals surface area contributed by atoms with Gasteiger partial charge in [0.05, 0.1) is 21.4 Å². The number of rotatable bonds is 3. The maximum atomic E-state index is 14.1. The lowest BCUT2D eigenvalue weighted by Gasteiger charge is -2.16. The van der Waals surface area contributed by atoms with Gasteiger partial charge in [0, 0.05) is 17.2 Å². The van der Waals surface area contributed by atoms with Gasteiger partial charge in [-0.25, -0.2) is 8.78 Å². The van der Waals surface area contributed by atoms with Gasteiger partial charge in [-0.2, -0.15) is 0 Å². The van der Waals surface area contributed by atoms with E-state index >= 15 is 0 Å². The van der Waals surface area contributed by atoms with Gasteiger partial charge >= 0.3 is 0 Å². The van der Waals surface area contributed by atoms with Crippen molar-refractivity contribution in [3.8, 4) is 5.75 Å². The number of ether oxygens (including phenoxy) is 1. The second-order valence-electron chi connectivity index (χ2n) is 4.01. The number of methoxy groups -OCH3 is 1. The molecule has 0 heterocycles. The molecule has 0 aliphatic carbocycles. The predicted molar refractivity (Wildman–Crippen MR) is 82.8 cm³/mol. The first-order valence-corrected chi connectivity index (χ1v) is 7.65. The SMILES string of the molecule is COc1cc(F)c(Br)cc1C(Br)c1cccc(Cl)c1F. The van der Waals surface area contributed by atoms with Gasteiger partial charge in [0.25, 0.3) is 0 Å². The number of benzene rings is 2. The Kier molecular flexibility index (Phi) is 5.04. The summed E-state index contributed by atoms with van der Waals surface area (Å²) >= 11 is 12.3. The average molecular weight is 426 g/mol. The molecular weight excluding hydrogens is 417 g/mol. The Hall–Kier alpha value is -0.650. The van der Waals surface area contributed by atoms with E-state index in [1.807, 2.05) is 0 Å². The first-order chi connectivity index (χ1) is 9.45. The van der Waals surface area contributed by atoms with Crippen molar-refractivity contribution in [1.29, 1.82) is 0 Å². The van der Waals surface area contributed by atoms with Crippen molar-refractivity contribution < 1.29 is 13.5 Å². The standard InChI is InChI=1S/C14H9Br2ClF2O/c1-20-12-6-11(18)9(15)5-8(12)13(16)7-3-2-4-10(17)14(7)19/h2-6,13H,1H3. The summed E-state index contributed by atoms with van der Waals surface area (Å²) in [7, 11) is 1.43. The molecule has 0 fully saturated rings. The molecule has 0 spiro atoms. The van der Waals surface area contributed by atoms with Crippen LogP contribution in [0.15, 0.2) is 34.8 Å². The van der Waals surface area contributed by atoms with Crippen molar-refractivity contribution in [2.75, 3.05) is 7.11 Å². The first kappa shape index (κ1) is 15.7. The Balaban J connectivity index is 2.55. The normalized spacial score (nSPS) is 12.3. The van der Waals surface area contributed by atoms with Crippen LogP contribution in [0.2, 0.25) is 5.02 Å². The molecule has 0 aromatic heterocycles. The monoisotopic (exact) mass is 424 g/mol. The van der Waals surface area contributed by atoms with Crippen LogP contribution >= 0.6 is 43.5 Å². The summed E-state index contributed by atoms with van der Waals surface area (Å²) in [6, 6.07) is 7.53. The highest BCUT2D eigenvalue weighted by Crippen LogP contribution is 2.40. The Labute approximate surface area is 137 Å². The Morgan fingerprint density at radius 2 is 1.90 bits per heavy atom. The third-order valence-electron chi connectivity index (χ3n) is 2.80. The van der Waals surface area contributed by atoms with E-state index in [1.54, 1.807) is 18.2 Å². The Morgan fingerprint density at radius 1 is 1.20 bits per heavy atom. The highest BCUT2D eigenvalue weighted by molar-refractivity contribution is 9.10. The van der Waals surface area contributed by atoms with Gasteiger partial charge in [-0.3, -0.25) is 0 Å². The van der Waals surface area contributed by atoms with E-state index in [9.17, 15) is 8.78 Å². The average Bonchev–Trinajstić information content (AvgIpc) is 2.43. The summed E-state index contributed by atoms with van der Waals surface area (Å²) in [4.78, 5) is -0.506. The van der Waals surface area contributed by atoms with Gasteiger partial charge in [0.15, 0.2) is 0 Å². The molecule has 0 aliphatic rings. The van der Waals surface area contributed by atoms with Crippen LogP contribution in [0.5, 0.6) is 5.75 Å². The topological polar surface area (TPSA) is 9.23 Å². The van der Waals surface area contributed by atoms with Crippen molar-refractivity contribution in [1.82, 2.24) is 0 Å². The molecule has 1 nitrogen and oxygen atoms in total. The quantitative estimate of drug-likeness (QED) is 0.558. The third kappa shape index (κ3) is 3.00. The smallest absolute Gasteiger partial charge is 0.146 e. The van der Waals surface area contributed by atoms with Gasteiger partial charge in [0.2, 0.25) is 0 Å². The highest BCUT2D eigenvalue weighted by atomic mass is 79.9. The fraction of sp³-hybridized carbons (Fsp3) is 0.143. The fourth-order valence-electron chi connectivity index (χ4n) is 1.80. The summed E-state index contributed by atoms with van der Waals surface area (Å²) in [5.41, 5.74) is 0.955. The summed E-state index contributed by atoms with van der Waals surface area (Å²) in [5.74, 6) is -0.637. The molecule has 0 bridgehead atoms. The lowest BCUT2D eigenvalue weighted by molar-refractivity contribution is 0.406. The summed E-state index contributed by atoms with van der Waals surface area (Å²) in [6.45, 7) is 0. The molecular formula is C14H9Br2ClF2O. The van der Waals surface area contributed by atoms with Crippen molar-refractivity contribution in [2.24, 2.45) is 0 Å². The molecule has 106 valence electrons. The molecule has 1 atom stereocenters. The van der Waals surface area contributed by atoms with Gasteiger partial charge in [-0.15, -0.1) is 0 Å². The van der Waals surface area contributed by atoms with Crippen LogP contribution in [0, 0.1) is 11.6 Å². The van der Waals surface area contributed by atoms with E-state index in [0.717, 1.165) is 0 Å². The van der Waals surface area contributed by atoms with Crippen molar-refractivity contribution in [3.63, 3.8) is 0 Å². The van der Waals surface area contributed by atoms with E-state index in [-0.39, 0.29) is 9.50 Å². The second kappa shape index (κ2) is 6.41. The van der Waals surface area contributed by atoms with Crippen LogP contribution in [-0.4, -0.2) is 7.11 Å². The lowest BCUT2D eigenvalue weighted by Crippen LogP contribution is -2.01. The van der Waals surface area contributed by atoms with E-state index in [1.165, 1.54) is 19.2 Å². The molecule has 0 saturated carbocycles. The molecule has 1 unspecified atom stereocenters. The Bertz CT molecular complexity index is 649. The van der Waals surface area contributed by atoms with Crippen LogP contribution in [0.4, 0.5) is 8.78 Å². The summed E-state index contributed by atoms with van der Waals surface area (Å²) in [6.07, 6.45) is 0. The molecule has 0 saturated heterocycles. The molecule has 20 heavy (non-hydrogen) atoms. The minimum atomic E-state index is -0.515. The number of hydrogen-bond acceptors (Lipinski definition) is 1. The first-order valence-electron chi connectivity index (χ1n) is 5.56. The fourth-order valence-corrected chi connectivity index (χ4v) is 3.06. The van der Waals surface area contributed by atoms with Crippen molar-refractivity contribution in [2.45, 2.75) is 4.83 Å². The zero-order valence-electron chi connectivity index (χ0n) is 10.3. The number of halogens is 5. The zero-order valence-corrected chi connectivity index (χ0v) is 14.2. The second-order valence-corrected chi connectivity index (χ2v) is 6.19. The van der Waals surface area contributed by atoms with Gasteiger partial charge < -0.3 is 4.74 Å². The van der Waals surface area contributed by atoms with Crippen LogP contribution < -0.4 is 4.74 Å². The highest BCUT2D eigenvalue weighted by Gasteiger charge is 2.21. The molecule has 0 N–H and O–H groups in total. The van der Waals surface area contributed by atoms with Crippen molar-refractivity contribution in [3.05, 3.63) is 62.6 Å². The maximum absolute atomic E-state index is 14.1. The maximum Gasteiger partial charge on any atom is 0.146 e. The third-order valence-corrected chi connectivity index (χ3v) is 4.69. The number of hydrogen-bond donors (Lipinski definition) is 0. The lowest BCUT2D eigenvalue weighted by atomic mass is 10.0. The minimum Gasteiger partial charge on any atom is -0.496 e. The molecule has 0 aliphatic heterocycles. The zero-order chi connectivity index (χ0) is 14.9. The predicted octanol–water partition coefficient (Wildman–Crippen LogP) is 5.87.